The van der Waals surface area contributed by atoms with Gasteiger partial charge in [-0.05, 0) is 61.5 Å². The van der Waals surface area contributed by atoms with Crippen LogP contribution in [0.2, 0.25) is 29.7 Å². The van der Waals surface area contributed by atoms with Gasteiger partial charge >= 0.3 is 5.97 Å². The number of benzene rings is 2. The van der Waals surface area contributed by atoms with E-state index in [1.165, 1.54) is 7.11 Å². The van der Waals surface area contributed by atoms with Gasteiger partial charge in [-0.15, -0.1) is 0 Å². The van der Waals surface area contributed by atoms with E-state index in [0.29, 0.717) is 15.6 Å². The molecule has 0 aliphatic heterocycles. The molecule has 2 atom stereocenters. The van der Waals surface area contributed by atoms with E-state index in [4.69, 9.17) is 32.4 Å². The van der Waals surface area contributed by atoms with Gasteiger partial charge in [-0.25, -0.2) is 4.79 Å². The number of hydrogen-bond acceptors (Lipinski definition) is 3. The van der Waals surface area contributed by atoms with Gasteiger partial charge in [0.25, 0.3) is 0 Å². The number of methoxy groups -OCH3 is 1. The van der Waals surface area contributed by atoms with Gasteiger partial charge in [0.2, 0.25) is 0 Å². The summed E-state index contributed by atoms with van der Waals surface area (Å²) in [5, 5.41) is 1.11. The van der Waals surface area contributed by atoms with E-state index in [1.807, 2.05) is 30.3 Å². The average molecular weight is 409 g/mol. The van der Waals surface area contributed by atoms with Crippen molar-refractivity contribution in [2.75, 3.05) is 7.11 Å². The molecule has 3 nitrogen and oxygen atoms in total. The van der Waals surface area contributed by atoms with Crippen LogP contribution in [0.3, 0.4) is 0 Å². The first-order valence-electron chi connectivity index (χ1n) is 8.50. The lowest BCUT2D eigenvalue weighted by Gasteiger charge is -2.28. The summed E-state index contributed by atoms with van der Waals surface area (Å²) in [6.07, 6.45) is 0.882. The summed E-state index contributed by atoms with van der Waals surface area (Å²) < 4.78 is 11.4. The first kappa shape index (κ1) is 19.4. The van der Waals surface area contributed by atoms with Gasteiger partial charge in [-0.1, -0.05) is 41.4 Å². The Morgan fingerprint density at radius 2 is 1.73 bits per heavy atom. The number of esters is 1. The van der Waals surface area contributed by atoms with Crippen LogP contribution in [0.25, 0.3) is 0 Å². The quantitative estimate of drug-likeness (QED) is 0.448. The first-order valence-corrected chi connectivity index (χ1v) is 12.7. The fraction of sp³-hybridized carbons (Fsp3) is 0.350. The Balaban J connectivity index is 1.96. The minimum absolute atomic E-state index is 0.216. The Morgan fingerprint density at radius 1 is 1.08 bits per heavy atom. The number of rotatable bonds is 5. The van der Waals surface area contributed by atoms with E-state index in [9.17, 15) is 4.79 Å². The van der Waals surface area contributed by atoms with E-state index in [0.717, 1.165) is 17.5 Å². The van der Waals surface area contributed by atoms with Crippen LogP contribution in [0.5, 0.6) is 0 Å². The van der Waals surface area contributed by atoms with Gasteiger partial charge in [0, 0.05) is 5.92 Å². The van der Waals surface area contributed by atoms with E-state index < -0.39 is 8.32 Å². The maximum absolute atomic E-state index is 11.7. The molecule has 0 heterocycles. The van der Waals surface area contributed by atoms with Crippen LogP contribution in [-0.2, 0) is 14.8 Å². The molecule has 0 aromatic heterocycles. The molecule has 0 bridgehead atoms. The summed E-state index contributed by atoms with van der Waals surface area (Å²) in [5.41, 5.74) is 2.35. The Hall–Kier alpha value is -1.33. The molecule has 1 fully saturated rings. The second kappa shape index (κ2) is 7.00. The number of halogens is 2. The molecule has 0 radical (unpaired) electrons. The first-order chi connectivity index (χ1) is 12.2. The molecule has 0 spiro atoms. The second-order valence-corrected chi connectivity index (χ2v) is 12.8. The van der Waals surface area contributed by atoms with Crippen LogP contribution in [-0.4, -0.2) is 21.4 Å². The Labute approximate surface area is 165 Å². The van der Waals surface area contributed by atoms with Gasteiger partial charge in [0.05, 0.1) is 28.3 Å². The molecule has 138 valence electrons. The van der Waals surface area contributed by atoms with Crippen LogP contribution >= 0.6 is 23.2 Å². The predicted octanol–water partition coefficient (Wildman–Crippen LogP) is 6.01. The molecule has 1 saturated carbocycles. The van der Waals surface area contributed by atoms with Crippen LogP contribution < -0.4 is 0 Å². The average Bonchev–Trinajstić information content (AvgIpc) is 3.30. The molecular weight excluding hydrogens is 387 g/mol. The van der Waals surface area contributed by atoms with Gasteiger partial charge in [-0.3, -0.25) is 0 Å². The summed E-state index contributed by atoms with van der Waals surface area (Å²) in [6.45, 7) is 6.55. The predicted molar refractivity (Wildman–Crippen MR) is 108 cm³/mol. The summed E-state index contributed by atoms with van der Waals surface area (Å²) in [4.78, 5) is 11.7. The lowest BCUT2D eigenvalue weighted by molar-refractivity contribution is 0.0600. The third kappa shape index (κ3) is 3.84. The molecule has 0 amide bonds. The van der Waals surface area contributed by atoms with Crippen molar-refractivity contribution in [3.63, 3.8) is 0 Å². The SMILES string of the molecule is COC(=O)c1ccc(C2(O[Si](C)(C)C)CC2c2ccc(Cl)c(Cl)c2)cc1. The van der Waals surface area contributed by atoms with Crippen molar-refractivity contribution in [1.82, 2.24) is 0 Å². The molecule has 3 rings (SSSR count). The highest BCUT2D eigenvalue weighted by molar-refractivity contribution is 6.69. The third-order valence-corrected chi connectivity index (χ3v) is 6.25. The Morgan fingerprint density at radius 3 is 2.27 bits per heavy atom. The third-order valence-electron chi connectivity index (χ3n) is 4.54. The van der Waals surface area contributed by atoms with Crippen LogP contribution in [0.4, 0.5) is 0 Å². The minimum Gasteiger partial charge on any atom is -0.465 e. The highest BCUT2D eigenvalue weighted by Crippen LogP contribution is 2.62. The fourth-order valence-electron chi connectivity index (χ4n) is 3.40. The summed E-state index contributed by atoms with van der Waals surface area (Å²) >= 11 is 12.3. The standard InChI is InChI=1S/C20H22Cl2O3Si/c1-24-19(23)13-5-8-15(9-6-13)20(25-26(2,3)4)12-16(20)14-7-10-17(21)18(22)11-14/h5-11,16H,12H2,1-4H3. The molecular formula is C20H22Cl2O3Si. The Kier molecular flexibility index (Phi) is 5.23. The van der Waals surface area contributed by atoms with Crippen molar-refractivity contribution in [3.05, 3.63) is 69.2 Å². The number of hydrogen-bond donors (Lipinski definition) is 0. The van der Waals surface area contributed by atoms with Crippen LogP contribution in [0.1, 0.15) is 33.8 Å². The molecule has 2 unspecified atom stereocenters. The van der Waals surface area contributed by atoms with E-state index in [-0.39, 0.29) is 17.5 Å². The highest BCUT2D eigenvalue weighted by atomic mass is 35.5. The second-order valence-electron chi connectivity index (χ2n) is 7.60. The molecule has 0 N–H and O–H groups in total. The van der Waals surface area contributed by atoms with Crippen molar-refractivity contribution in [2.24, 2.45) is 0 Å². The molecule has 1 aliphatic carbocycles. The Bertz CT molecular complexity index is 830. The molecule has 1 aliphatic rings. The topological polar surface area (TPSA) is 35.5 Å². The fourth-order valence-corrected chi connectivity index (χ4v) is 5.15. The normalized spacial score (nSPS) is 22.2. The zero-order chi connectivity index (χ0) is 19.1. The van der Waals surface area contributed by atoms with Crippen LogP contribution in [0.15, 0.2) is 42.5 Å². The van der Waals surface area contributed by atoms with Crippen molar-refractivity contribution in [2.45, 2.75) is 37.6 Å². The smallest absolute Gasteiger partial charge is 0.337 e. The van der Waals surface area contributed by atoms with Gasteiger partial charge in [0.1, 0.15) is 0 Å². The van der Waals surface area contributed by atoms with Gasteiger partial charge in [-0.2, -0.15) is 0 Å². The van der Waals surface area contributed by atoms with E-state index in [2.05, 4.69) is 19.6 Å². The van der Waals surface area contributed by atoms with Crippen molar-refractivity contribution >= 4 is 37.5 Å². The summed E-state index contributed by atoms with van der Waals surface area (Å²) in [5.74, 6) is -0.124. The van der Waals surface area contributed by atoms with Gasteiger partial charge in [0.15, 0.2) is 8.32 Å². The lowest BCUT2D eigenvalue weighted by Crippen LogP contribution is -2.33. The number of carbonyl (C=O) groups is 1. The molecule has 6 heteroatoms. The highest BCUT2D eigenvalue weighted by Gasteiger charge is 2.58. The van der Waals surface area contributed by atoms with E-state index in [1.54, 1.807) is 12.1 Å². The molecule has 2 aromatic rings. The summed E-state index contributed by atoms with van der Waals surface area (Å²) in [6, 6.07) is 13.3. The monoisotopic (exact) mass is 408 g/mol. The molecule has 26 heavy (non-hydrogen) atoms. The molecule has 0 saturated heterocycles. The van der Waals surface area contributed by atoms with Gasteiger partial charge < -0.3 is 9.16 Å². The van der Waals surface area contributed by atoms with Crippen molar-refractivity contribution < 1.29 is 14.0 Å². The van der Waals surface area contributed by atoms with Crippen molar-refractivity contribution in [1.29, 1.82) is 0 Å². The maximum atomic E-state index is 11.7. The zero-order valence-corrected chi connectivity index (χ0v) is 17.8. The number of carbonyl (C=O) groups excluding carboxylic acids is 1. The lowest BCUT2D eigenvalue weighted by atomic mass is 10.00. The number of ether oxygens (including phenoxy) is 1. The minimum atomic E-state index is -1.81. The zero-order valence-electron chi connectivity index (χ0n) is 15.3. The van der Waals surface area contributed by atoms with E-state index >= 15 is 0 Å². The van der Waals surface area contributed by atoms with Crippen molar-refractivity contribution in [3.8, 4) is 0 Å². The molecule has 2 aromatic carbocycles. The summed E-state index contributed by atoms with van der Waals surface area (Å²) in [7, 11) is -0.423. The van der Waals surface area contributed by atoms with Crippen LogP contribution in [0, 0.1) is 0 Å². The largest absolute Gasteiger partial charge is 0.465 e. The maximum Gasteiger partial charge on any atom is 0.337 e.